The summed E-state index contributed by atoms with van der Waals surface area (Å²) in [6.07, 6.45) is 2.57. The van der Waals surface area contributed by atoms with Gasteiger partial charge in [-0.1, -0.05) is 48.0 Å². The van der Waals surface area contributed by atoms with E-state index in [1.54, 1.807) is 11.8 Å². The first-order chi connectivity index (χ1) is 10.7. The maximum atomic E-state index is 11.8. The minimum atomic E-state index is 0.146. The molecule has 0 fully saturated rings. The predicted octanol–water partition coefficient (Wildman–Crippen LogP) is 4.23. The summed E-state index contributed by atoms with van der Waals surface area (Å²) in [5.74, 6) is 0.973. The van der Waals surface area contributed by atoms with Crippen LogP contribution in [-0.2, 0) is 11.2 Å². The van der Waals surface area contributed by atoms with E-state index in [0.29, 0.717) is 6.42 Å². The number of hydrogen-bond donors (Lipinski definition) is 1. The molecule has 0 aromatic heterocycles. The van der Waals surface area contributed by atoms with Crippen molar-refractivity contribution in [3.8, 4) is 0 Å². The fourth-order valence-electron chi connectivity index (χ4n) is 2.15. The van der Waals surface area contributed by atoms with Gasteiger partial charge in [-0.2, -0.15) is 0 Å². The van der Waals surface area contributed by atoms with Crippen LogP contribution in [-0.4, -0.2) is 18.2 Å². The molecule has 0 aliphatic heterocycles. The molecule has 2 aromatic carbocycles. The van der Waals surface area contributed by atoms with Crippen LogP contribution in [0.2, 0.25) is 0 Å². The third-order valence-corrected chi connectivity index (χ3v) is 4.44. The summed E-state index contributed by atoms with van der Waals surface area (Å²) in [4.78, 5) is 13.0. The lowest BCUT2D eigenvalue weighted by Gasteiger charge is -2.06. The SMILES string of the molecule is Cc1ccc(SCCC(=O)NCCCc2ccccc2)cc1. The van der Waals surface area contributed by atoms with Gasteiger partial charge in [-0.15, -0.1) is 11.8 Å². The van der Waals surface area contributed by atoms with Crippen molar-refractivity contribution in [2.24, 2.45) is 0 Å². The summed E-state index contributed by atoms with van der Waals surface area (Å²) in [5.41, 5.74) is 2.59. The number of nitrogens with one attached hydrogen (secondary N) is 1. The van der Waals surface area contributed by atoms with Crippen molar-refractivity contribution in [1.82, 2.24) is 5.32 Å². The van der Waals surface area contributed by atoms with Crippen LogP contribution in [0.15, 0.2) is 59.5 Å². The molecule has 0 spiro atoms. The first kappa shape index (κ1) is 16.6. The van der Waals surface area contributed by atoms with Crippen molar-refractivity contribution in [3.05, 3.63) is 65.7 Å². The van der Waals surface area contributed by atoms with Crippen LogP contribution in [0.5, 0.6) is 0 Å². The largest absolute Gasteiger partial charge is 0.356 e. The number of thioether (sulfide) groups is 1. The Morgan fingerprint density at radius 1 is 1.05 bits per heavy atom. The van der Waals surface area contributed by atoms with Crippen LogP contribution in [0.1, 0.15) is 24.0 Å². The lowest BCUT2D eigenvalue weighted by atomic mass is 10.1. The summed E-state index contributed by atoms with van der Waals surface area (Å²) in [6, 6.07) is 18.8. The number of hydrogen-bond acceptors (Lipinski definition) is 2. The summed E-state index contributed by atoms with van der Waals surface area (Å²) in [5, 5.41) is 3.00. The molecular weight excluding hydrogens is 290 g/mol. The molecule has 2 aromatic rings. The molecular formula is C19H23NOS. The summed E-state index contributed by atoms with van der Waals surface area (Å²) in [6.45, 7) is 2.83. The number of amides is 1. The Morgan fingerprint density at radius 2 is 1.77 bits per heavy atom. The molecule has 2 nitrogen and oxygen atoms in total. The quantitative estimate of drug-likeness (QED) is 0.584. The van der Waals surface area contributed by atoms with Gasteiger partial charge in [0.1, 0.15) is 0 Å². The van der Waals surface area contributed by atoms with Gasteiger partial charge in [-0.05, 0) is 37.5 Å². The van der Waals surface area contributed by atoms with E-state index in [1.807, 2.05) is 6.07 Å². The Hall–Kier alpha value is -1.74. The van der Waals surface area contributed by atoms with E-state index in [-0.39, 0.29) is 5.91 Å². The average molecular weight is 313 g/mol. The molecule has 1 amide bonds. The zero-order valence-corrected chi connectivity index (χ0v) is 13.9. The van der Waals surface area contributed by atoms with Gasteiger partial charge >= 0.3 is 0 Å². The lowest BCUT2D eigenvalue weighted by Crippen LogP contribution is -2.24. The van der Waals surface area contributed by atoms with E-state index in [4.69, 9.17) is 0 Å². The monoisotopic (exact) mass is 313 g/mol. The van der Waals surface area contributed by atoms with E-state index >= 15 is 0 Å². The Labute approximate surface area is 137 Å². The smallest absolute Gasteiger partial charge is 0.220 e. The molecule has 0 radical (unpaired) electrons. The molecule has 0 aliphatic carbocycles. The molecule has 3 heteroatoms. The van der Waals surface area contributed by atoms with Gasteiger partial charge in [0.2, 0.25) is 5.91 Å². The van der Waals surface area contributed by atoms with Crippen LogP contribution in [0.4, 0.5) is 0 Å². The van der Waals surface area contributed by atoms with Gasteiger partial charge in [0.05, 0.1) is 0 Å². The van der Waals surface area contributed by atoms with Crippen molar-refractivity contribution < 1.29 is 4.79 Å². The maximum Gasteiger partial charge on any atom is 0.220 e. The minimum Gasteiger partial charge on any atom is -0.356 e. The summed E-state index contributed by atoms with van der Waals surface area (Å²) >= 11 is 1.73. The van der Waals surface area contributed by atoms with E-state index in [1.165, 1.54) is 16.0 Å². The van der Waals surface area contributed by atoms with Crippen LogP contribution in [0.25, 0.3) is 0 Å². The summed E-state index contributed by atoms with van der Waals surface area (Å²) < 4.78 is 0. The Morgan fingerprint density at radius 3 is 2.50 bits per heavy atom. The van der Waals surface area contributed by atoms with Crippen LogP contribution >= 0.6 is 11.8 Å². The third-order valence-electron chi connectivity index (χ3n) is 3.43. The standard InChI is InChI=1S/C19H23NOS/c1-16-9-11-18(12-10-16)22-15-13-19(21)20-14-5-8-17-6-3-2-4-7-17/h2-4,6-7,9-12H,5,8,13-15H2,1H3,(H,20,21). The molecule has 22 heavy (non-hydrogen) atoms. The van der Waals surface area contributed by atoms with Crippen LogP contribution in [0.3, 0.4) is 0 Å². The van der Waals surface area contributed by atoms with Crippen molar-refractivity contribution in [1.29, 1.82) is 0 Å². The minimum absolute atomic E-state index is 0.146. The van der Waals surface area contributed by atoms with Gasteiger partial charge in [0.25, 0.3) is 0 Å². The van der Waals surface area contributed by atoms with E-state index in [0.717, 1.165) is 25.1 Å². The van der Waals surface area contributed by atoms with Gasteiger partial charge < -0.3 is 5.32 Å². The fraction of sp³-hybridized carbons (Fsp3) is 0.316. The topological polar surface area (TPSA) is 29.1 Å². The van der Waals surface area contributed by atoms with E-state index in [2.05, 4.69) is 60.8 Å². The molecule has 0 aliphatic rings. The van der Waals surface area contributed by atoms with Crippen molar-refractivity contribution in [3.63, 3.8) is 0 Å². The summed E-state index contributed by atoms with van der Waals surface area (Å²) in [7, 11) is 0. The second-order valence-corrected chi connectivity index (χ2v) is 6.52. The number of rotatable bonds is 8. The second kappa shape index (κ2) is 9.31. The van der Waals surface area contributed by atoms with Crippen LogP contribution in [0, 0.1) is 6.92 Å². The highest BCUT2D eigenvalue weighted by Crippen LogP contribution is 2.18. The van der Waals surface area contributed by atoms with E-state index in [9.17, 15) is 4.79 Å². The molecule has 0 heterocycles. The second-order valence-electron chi connectivity index (χ2n) is 5.35. The maximum absolute atomic E-state index is 11.8. The zero-order valence-electron chi connectivity index (χ0n) is 13.0. The first-order valence-electron chi connectivity index (χ1n) is 7.74. The molecule has 0 saturated heterocycles. The molecule has 0 bridgehead atoms. The average Bonchev–Trinajstić information content (AvgIpc) is 2.54. The molecule has 0 atom stereocenters. The highest BCUT2D eigenvalue weighted by Gasteiger charge is 2.02. The molecule has 116 valence electrons. The highest BCUT2D eigenvalue weighted by molar-refractivity contribution is 7.99. The normalized spacial score (nSPS) is 10.4. The Bertz CT molecular complexity index is 566. The first-order valence-corrected chi connectivity index (χ1v) is 8.73. The van der Waals surface area contributed by atoms with Crippen LogP contribution < -0.4 is 5.32 Å². The number of benzene rings is 2. The van der Waals surface area contributed by atoms with Crippen molar-refractivity contribution >= 4 is 17.7 Å². The number of aryl methyl sites for hydroxylation is 2. The fourth-order valence-corrected chi connectivity index (χ4v) is 3.00. The molecule has 0 unspecified atom stereocenters. The number of carbonyl (C=O) groups excluding carboxylic acids is 1. The lowest BCUT2D eigenvalue weighted by molar-refractivity contribution is -0.120. The predicted molar refractivity (Wildman–Crippen MR) is 94.3 cm³/mol. The number of carbonyl (C=O) groups is 1. The zero-order chi connectivity index (χ0) is 15.6. The van der Waals surface area contributed by atoms with Gasteiger partial charge in [0, 0.05) is 23.6 Å². The molecule has 2 rings (SSSR count). The van der Waals surface area contributed by atoms with Gasteiger partial charge in [-0.3, -0.25) is 4.79 Å². The Kier molecular flexibility index (Phi) is 7.04. The highest BCUT2D eigenvalue weighted by atomic mass is 32.2. The van der Waals surface area contributed by atoms with Gasteiger partial charge in [0.15, 0.2) is 0 Å². The van der Waals surface area contributed by atoms with E-state index < -0.39 is 0 Å². The van der Waals surface area contributed by atoms with Gasteiger partial charge in [-0.25, -0.2) is 0 Å². The van der Waals surface area contributed by atoms with Crippen molar-refractivity contribution in [2.45, 2.75) is 31.1 Å². The Balaban J connectivity index is 1.55. The molecule has 1 N–H and O–H groups in total. The van der Waals surface area contributed by atoms with Crippen molar-refractivity contribution in [2.75, 3.05) is 12.3 Å². The third kappa shape index (κ3) is 6.35. The molecule has 0 saturated carbocycles.